The Morgan fingerprint density at radius 1 is 1.06 bits per heavy atom. The number of nitrogens with one attached hydrogen (secondary N) is 1. The fraction of sp³-hybridized carbons (Fsp3) is 0.333. The number of urea groups is 1. The van der Waals surface area contributed by atoms with Gasteiger partial charge in [0, 0.05) is 37.5 Å². The summed E-state index contributed by atoms with van der Waals surface area (Å²) in [5.74, 6) is 0.281. The highest BCUT2D eigenvalue weighted by atomic mass is 32.2. The second-order valence-corrected chi connectivity index (χ2v) is 10.3. The lowest BCUT2D eigenvalue weighted by atomic mass is 9.93. The van der Waals surface area contributed by atoms with Crippen LogP contribution in [0.3, 0.4) is 0 Å². The van der Waals surface area contributed by atoms with E-state index in [1.807, 2.05) is 46.8 Å². The van der Waals surface area contributed by atoms with Gasteiger partial charge in [-0.05, 0) is 55.7 Å². The van der Waals surface area contributed by atoms with Gasteiger partial charge in [0.15, 0.2) is 9.84 Å². The third-order valence-corrected chi connectivity index (χ3v) is 6.98. The fourth-order valence-corrected chi connectivity index (χ4v) is 4.75. The molecule has 0 unspecified atom stereocenters. The predicted octanol–water partition coefficient (Wildman–Crippen LogP) is 3.67. The Hall–Kier alpha value is -3.13. The molecule has 0 atom stereocenters. The van der Waals surface area contributed by atoms with Crippen molar-refractivity contribution in [3.8, 4) is 5.69 Å². The highest BCUT2D eigenvalue weighted by Crippen LogP contribution is 2.30. The topological polar surface area (TPSA) is 84.3 Å². The zero-order valence-electron chi connectivity index (χ0n) is 18.4. The van der Waals surface area contributed by atoms with E-state index in [1.54, 1.807) is 24.3 Å². The number of hydrogen-bond donors (Lipinski definition) is 1. The summed E-state index contributed by atoms with van der Waals surface area (Å²) in [5.41, 5.74) is 3.93. The van der Waals surface area contributed by atoms with E-state index in [0.29, 0.717) is 24.5 Å². The SMILES string of the molecule is Cc1cc(C2CCN(C(=O)NCc3ccccc3)CC2)n(-c2ccc(S(C)(=O)=O)cc2)n1. The summed E-state index contributed by atoms with van der Waals surface area (Å²) < 4.78 is 25.4. The second kappa shape index (κ2) is 9.16. The van der Waals surface area contributed by atoms with Crippen LogP contribution in [0.2, 0.25) is 0 Å². The molecule has 1 aliphatic heterocycles. The van der Waals surface area contributed by atoms with Crippen molar-refractivity contribution in [1.29, 1.82) is 0 Å². The molecule has 1 N–H and O–H groups in total. The number of rotatable bonds is 5. The van der Waals surface area contributed by atoms with Crippen LogP contribution < -0.4 is 5.32 Å². The molecule has 0 radical (unpaired) electrons. The highest BCUT2D eigenvalue weighted by Gasteiger charge is 2.26. The summed E-state index contributed by atoms with van der Waals surface area (Å²) in [5, 5.41) is 7.64. The quantitative estimate of drug-likeness (QED) is 0.640. The van der Waals surface area contributed by atoms with Crippen molar-refractivity contribution in [3.05, 3.63) is 77.6 Å². The van der Waals surface area contributed by atoms with Gasteiger partial charge in [-0.2, -0.15) is 5.10 Å². The number of aryl methyl sites for hydroxylation is 1. The molecule has 0 aliphatic carbocycles. The van der Waals surface area contributed by atoms with Crippen LogP contribution >= 0.6 is 0 Å². The molecule has 0 bridgehead atoms. The van der Waals surface area contributed by atoms with Gasteiger partial charge in [0.1, 0.15) is 0 Å². The molecule has 4 rings (SSSR count). The van der Waals surface area contributed by atoms with Gasteiger partial charge in [-0.15, -0.1) is 0 Å². The zero-order chi connectivity index (χ0) is 22.7. The standard InChI is InChI=1S/C24H28N4O3S/c1-18-16-23(28(26-18)21-8-10-22(11-9-21)32(2,30)31)20-12-14-27(15-13-20)24(29)25-17-19-6-4-3-5-7-19/h3-11,16,20H,12-15,17H2,1-2H3,(H,25,29). The van der Waals surface area contributed by atoms with E-state index >= 15 is 0 Å². The Balaban J connectivity index is 1.41. The molecule has 1 aliphatic rings. The van der Waals surface area contributed by atoms with Gasteiger partial charge in [0.25, 0.3) is 0 Å². The lowest BCUT2D eigenvalue weighted by Crippen LogP contribution is -2.44. The number of sulfone groups is 1. The molecule has 3 aromatic rings. The van der Waals surface area contributed by atoms with E-state index in [9.17, 15) is 13.2 Å². The first-order valence-electron chi connectivity index (χ1n) is 10.7. The van der Waals surface area contributed by atoms with E-state index in [1.165, 1.54) is 6.26 Å². The van der Waals surface area contributed by atoms with E-state index < -0.39 is 9.84 Å². The third kappa shape index (κ3) is 5.02. The average molecular weight is 453 g/mol. The molecular weight excluding hydrogens is 424 g/mol. The van der Waals surface area contributed by atoms with Crippen molar-refractivity contribution in [2.24, 2.45) is 0 Å². The van der Waals surface area contributed by atoms with Gasteiger partial charge in [-0.3, -0.25) is 0 Å². The number of carbonyl (C=O) groups excluding carboxylic acids is 1. The molecule has 2 heterocycles. The monoisotopic (exact) mass is 452 g/mol. The number of carbonyl (C=O) groups is 1. The Bertz CT molecular complexity index is 1180. The maximum atomic E-state index is 12.6. The summed E-state index contributed by atoms with van der Waals surface area (Å²) in [6.45, 7) is 3.84. The number of piperidine rings is 1. The summed E-state index contributed by atoms with van der Waals surface area (Å²) in [7, 11) is -3.24. The van der Waals surface area contributed by atoms with Gasteiger partial charge >= 0.3 is 6.03 Å². The number of aromatic nitrogens is 2. The van der Waals surface area contributed by atoms with Crippen LogP contribution in [0.15, 0.2) is 65.6 Å². The minimum absolute atomic E-state index is 0.0339. The van der Waals surface area contributed by atoms with Crippen LogP contribution in [0, 0.1) is 6.92 Å². The van der Waals surface area contributed by atoms with E-state index in [0.717, 1.165) is 35.5 Å². The predicted molar refractivity (Wildman–Crippen MR) is 124 cm³/mol. The maximum Gasteiger partial charge on any atom is 0.317 e. The van der Waals surface area contributed by atoms with Gasteiger partial charge in [0.05, 0.1) is 16.3 Å². The summed E-state index contributed by atoms with van der Waals surface area (Å²) in [6.07, 6.45) is 2.91. The molecule has 8 heteroatoms. The molecule has 1 aromatic heterocycles. The summed E-state index contributed by atoms with van der Waals surface area (Å²) >= 11 is 0. The lowest BCUT2D eigenvalue weighted by molar-refractivity contribution is 0.180. The van der Waals surface area contributed by atoms with Crippen LogP contribution in [0.4, 0.5) is 4.79 Å². The molecule has 0 spiro atoms. The first kappa shape index (κ1) is 22.1. The average Bonchev–Trinajstić information content (AvgIpc) is 3.19. The largest absolute Gasteiger partial charge is 0.334 e. The molecule has 0 saturated carbocycles. The molecular formula is C24H28N4O3S. The van der Waals surface area contributed by atoms with Crippen molar-refractivity contribution < 1.29 is 13.2 Å². The molecule has 168 valence electrons. The number of amides is 2. The van der Waals surface area contributed by atoms with Gasteiger partial charge in [-0.1, -0.05) is 30.3 Å². The number of nitrogens with zero attached hydrogens (tertiary/aromatic N) is 3. The zero-order valence-corrected chi connectivity index (χ0v) is 19.2. The number of benzene rings is 2. The van der Waals surface area contributed by atoms with Crippen LogP contribution in [0.25, 0.3) is 5.69 Å². The first-order chi connectivity index (χ1) is 15.3. The Morgan fingerprint density at radius 2 is 1.72 bits per heavy atom. The second-order valence-electron chi connectivity index (χ2n) is 8.29. The Morgan fingerprint density at radius 3 is 2.34 bits per heavy atom. The molecule has 2 amide bonds. The minimum atomic E-state index is -3.24. The Kier molecular flexibility index (Phi) is 6.32. The minimum Gasteiger partial charge on any atom is -0.334 e. The van der Waals surface area contributed by atoms with Crippen molar-refractivity contribution in [3.63, 3.8) is 0 Å². The lowest BCUT2D eigenvalue weighted by Gasteiger charge is -2.32. The molecule has 1 saturated heterocycles. The molecule has 7 nitrogen and oxygen atoms in total. The summed E-state index contributed by atoms with van der Waals surface area (Å²) in [4.78, 5) is 14.7. The van der Waals surface area contributed by atoms with Crippen molar-refractivity contribution >= 4 is 15.9 Å². The first-order valence-corrected chi connectivity index (χ1v) is 12.6. The highest BCUT2D eigenvalue weighted by molar-refractivity contribution is 7.90. The Labute approximate surface area is 189 Å². The van der Waals surface area contributed by atoms with Gasteiger partial charge < -0.3 is 10.2 Å². The van der Waals surface area contributed by atoms with Crippen LogP contribution in [-0.2, 0) is 16.4 Å². The van der Waals surface area contributed by atoms with Crippen LogP contribution in [-0.4, -0.2) is 48.5 Å². The smallest absolute Gasteiger partial charge is 0.317 e. The number of likely N-dealkylation sites (tertiary alicyclic amines) is 1. The molecule has 2 aromatic carbocycles. The van der Waals surface area contributed by atoms with Gasteiger partial charge in [-0.25, -0.2) is 17.9 Å². The van der Waals surface area contributed by atoms with Crippen LogP contribution in [0.1, 0.15) is 35.7 Å². The van der Waals surface area contributed by atoms with E-state index in [4.69, 9.17) is 0 Å². The summed E-state index contributed by atoms with van der Waals surface area (Å²) in [6, 6.07) is 18.8. The molecule has 1 fully saturated rings. The third-order valence-electron chi connectivity index (χ3n) is 5.86. The van der Waals surface area contributed by atoms with Crippen molar-refractivity contribution in [2.75, 3.05) is 19.3 Å². The van der Waals surface area contributed by atoms with Crippen LogP contribution in [0.5, 0.6) is 0 Å². The van der Waals surface area contributed by atoms with E-state index in [2.05, 4.69) is 16.5 Å². The normalized spacial score (nSPS) is 15.0. The number of hydrogen-bond acceptors (Lipinski definition) is 4. The van der Waals surface area contributed by atoms with Gasteiger partial charge in [0.2, 0.25) is 0 Å². The maximum absolute atomic E-state index is 12.6. The van der Waals surface area contributed by atoms with Crippen molar-refractivity contribution in [2.45, 2.75) is 37.1 Å². The molecule has 32 heavy (non-hydrogen) atoms. The fourth-order valence-electron chi connectivity index (χ4n) is 4.12. The van der Waals surface area contributed by atoms with E-state index in [-0.39, 0.29) is 11.9 Å². The van der Waals surface area contributed by atoms with Crippen molar-refractivity contribution in [1.82, 2.24) is 20.0 Å².